The number of aryl methyl sites for hydroxylation is 1. The van der Waals surface area contributed by atoms with Crippen molar-refractivity contribution in [3.05, 3.63) is 63.9 Å². The highest BCUT2D eigenvalue weighted by molar-refractivity contribution is 6.32. The molecule has 4 heteroatoms. The molecule has 0 saturated heterocycles. The highest BCUT2D eigenvalue weighted by Crippen LogP contribution is 2.30. The number of hydrogen-bond acceptors (Lipinski definition) is 2. The number of ether oxygens (including phenoxy) is 1. The molecule has 0 bridgehead atoms. The van der Waals surface area contributed by atoms with Crippen LogP contribution in [0.15, 0.2) is 36.4 Å². The first-order valence-corrected chi connectivity index (χ1v) is 6.67. The Hall–Kier alpha value is -1.58. The lowest BCUT2D eigenvalue weighted by Gasteiger charge is -2.15. The van der Waals surface area contributed by atoms with Crippen molar-refractivity contribution >= 4 is 11.6 Å². The number of benzene rings is 2. The molecule has 0 radical (unpaired) electrons. The molecule has 0 spiro atoms. The zero-order valence-electron chi connectivity index (χ0n) is 11.4. The number of hydrogen-bond donors (Lipinski definition) is 1. The monoisotopic (exact) mass is 294 g/mol. The van der Waals surface area contributed by atoms with Crippen LogP contribution in [-0.2, 0) is 6.42 Å². The summed E-state index contributed by atoms with van der Waals surface area (Å²) >= 11 is 6.17. The Morgan fingerprint density at radius 1 is 1.25 bits per heavy atom. The molecule has 2 nitrogen and oxygen atoms in total. The van der Waals surface area contributed by atoms with E-state index in [-0.39, 0.29) is 12.2 Å². The minimum Gasteiger partial charge on any atom is -0.494 e. The van der Waals surface area contributed by atoms with E-state index in [1.165, 1.54) is 7.11 Å². The van der Waals surface area contributed by atoms with Crippen LogP contribution < -0.4 is 4.74 Å². The largest absolute Gasteiger partial charge is 0.494 e. The van der Waals surface area contributed by atoms with Crippen LogP contribution in [0.25, 0.3) is 0 Å². The second-order valence-corrected chi connectivity index (χ2v) is 5.01. The van der Waals surface area contributed by atoms with Crippen LogP contribution in [0.5, 0.6) is 5.75 Å². The van der Waals surface area contributed by atoms with E-state index in [2.05, 4.69) is 0 Å². The Bertz CT molecular complexity index is 613. The average Bonchev–Trinajstić information content (AvgIpc) is 2.44. The number of rotatable bonds is 4. The van der Waals surface area contributed by atoms with E-state index in [1.807, 2.05) is 19.1 Å². The van der Waals surface area contributed by atoms with Gasteiger partial charge in [0.25, 0.3) is 0 Å². The Morgan fingerprint density at radius 2 is 1.95 bits per heavy atom. The third kappa shape index (κ3) is 2.94. The zero-order valence-corrected chi connectivity index (χ0v) is 12.1. The molecule has 1 atom stereocenters. The van der Waals surface area contributed by atoms with Gasteiger partial charge in [0.1, 0.15) is 0 Å². The lowest BCUT2D eigenvalue weighted by molar-refractivity contribution is 0.177. The summed E-state index contributed by atoms with van der Waals surface area (Å²) in [5.74, 6) is -0.275. The first-order valence-electron chi connectivity index (χ1n) is 6.29. The molecule has 2 aromatic carbocycles. The van der Waals surface area contributed by atoms with E-state index >= 15 is 0 Å². The number of halogens is 2. The fourth-order valence-corrected chi connectivity index (χ4v) is 2.37. The van der Waals surface area contributed by atoms with Gasteiger partial charge in [0, 0.05) is 11.4 Å². The van der Waals surface area contributed by atoms with E-state index in [0.29, 0.717) is 16.1 Å². The molecule has 0 aromatic heterocycles. The molecule has 20 heavy (non-hydrogen) atoms. The van der Waals surface area contributed by atoms with Crippen LogP contribution >= 0.6 is 11.6 Å². The van der Waals surface area contributed by atoms with Gasteiger partial charge in [-0.3, -0.25) is 0 Å². The standard InChI is InChI=1S/C16H16ClFO2/c1-10-5-3-7-12(15(10)17)13(19)9-11-6-4-8-14(20-2)16(11)18/h3-8,13,19H,9H2,1-2H3. The fourth-order valence-electron chi connectivity index (χ4n) is 2.12. The highest BCUT2D eigenvalue weighted by atomic mass is 35.5. The Kier molecular flexibility index (Phi) is 4.63. The van der Waals surface area contributed by atoms with Crippen molar-refractivity contribution in [3.8, 4) is 5.75 Å². The minimum absolute atomic E-state index is 0.145. The van der Waals surface area contributed by atoms with Gasteiger partial charge in [-0.25, -0.2) is 4.39 Å². The van der Waals surface area contributed by atoms with Crippen molar-refractivity contribution in [3.63, 3.8) is 0 Å². The number of aliphatic hydroxyl groups is 1. The Balaban J connectivity index is 2.28. The molecule has 1 N–H and O–H groups in total. The molecule has 0 aliphatic carbocycles. The average molecular weight is 295 g/mol. The molecule has 0 amide bonds. The predicted octanol–water partition coefficient (Wildman–Crippen LogP) is 4.07. The van der Waals surface area contributed by atoms with E-state index in [1.54, 1.807) is 24.3 Å². The summed E-state index contributed by atoms with van der Waals surface area (Å²) in [6.07, 6.45) is -0.712. The van der Waals surface area contributed by atoms with Gasteiger partial charge in [0.15, 0.2) is 11.6 Å². The fraction of sp³-hybridized carbons (Fsp3) is 0.250. The van der Waals surface area contributed by atoms with Crippen molar-refractivity contribution in [2.75, 3.05) is 7.11 Å². The molecule has 2 rings (SSSR count). The summed E-state index contributed by atoms with van der Waals surface area (Å²) in [6.45, 7) is 1.87. The second-order valence-electron chi connectivity index (χ2n) is 4.63. The van der Waals surface area contributed by atoms with Crippen molar-refractivity contribution < 1.29 is 14.2 Å². The maximum Gasteiger partial charge on any atom is 0.168 e. The van der Waals surface area contributed by atoms with Crippen LogP contribution in [0.2, 0.25) is 5.02 Å². The van der Waals surface area contributed by atoms with Crippen molar-refractivity contribution in [1.82, 2.24) is 0 Å². The van der Waals surface area contributed by atoms with Crippen molar-refractivity contribution in [1.29, 1.82) is 0 Å². The normalized spacial score (nSPS) is 12.2. The molecule has 106 valence electrons. The van der Waals surface area contributed by atoms with Crippen molar-refractivity contribution in [2.45, 2.75) is 19.4 Å². The van der Waals surface area contributed by atoms with Crippen molar-refractivity contribution in [2.24, 2.45) is 0 Å². The first kappa shape index (κ1) is 14.8. The first-order chi connectivity index (χ1) is 9.54. The molecular weight excluding hydrogens is 279 g/mol. The maximum absolute atomic E-state index is 14.1. The molecule has 0 fully saturated rings. The van der Waals surface area contributed by atoms with E-state index < -0.39 is 11.9 Å². The van der Waals surface area contributed by atoms with Crippen LogP contribution in [0.4, 0.5) is 4.39 Å². The molecule has 1 unspecified atom stereocenters. The van der Waals surface area contributed by atoms with E-state index in [0.717, 1.165) is 5.56 Å². The Morgan fingerprint density at radius 3 is 2.65 bits per heavy atom. The maximum atomic E-state index is 14.1. The van der Waals surface area contributed by atoms with Gasteiger partial charge in [0.05, 0.1) is 13.2 Å². The SMILES string of the molecule is COc1cccc(CC(O)c2cccc(C)c2Cl)c1F. The number of methoxy groups -OCH3 is 1. The molecule has 2 aromatic rings. The Labute approximate surface area is 122 Å². The molecule has 0 aliphatic rings. The highest BCUT2D eigenvalue weighted by Gasteiger charge is 2.17. The summed E-state index contributed by atoms with van der Waals surface area (Å²) in [5, 5.41) is 10.8. The molecular formula is C16H16ClFO2. The lowest BCUT2D eigenvalue weighted by atomic mass is 9.99. The van der Waals surface area contributed by atoms with Crippen LogP contribution in [0.3, 0.4) is 0 Å². The van der Waals surface area contributed by atoms with Gasteiger partial charge in [-0.15, -0.1) is 0 Å². The van der Waals surface area contributed by atoms with Gasteiger partial charge >= 0.3 is 0 Å². The third-order valence-electron chi connectivity index (χ3n) is 3.26. The predicted molar refractivity (Wildman–Crippen MR) is 77.8 cm³/mol. The van der Waals surface area contributed by atoms with Gasteiger partial charge in [0.2, 0.25) is 0 Å². The summed E-state index contributed by atoms with van der Waals surface area (Å²) in [7, 11) is 1.41. The zero-order chi connectivity index (χ0) is 14.7. The van der Waals surface area contributed by atoms with Gasteiger partial charge in [-0.05, 0) is 29.7 Å². The summed E-state index contributed by atoms with van der Waals surface area (Å²) in [6, 6.07) is 10.3. The summed E-state index contributed by atoms with van der Waals surface area (Å²) in [5.41, 5.74) is 1.89. The quantitative estimate of drug-likeness (QED) is 0.921. The van der Waals surface area contributed by atoms with Crippen LogP contribution in [0, 0.1) is 12.7 Å². The molecule has 0 heterocycles. The van der Waals surface area contributed by atoms with E-state index in [4.69, 9.17) is 16.3 Å². The van der Waals surface area contributed by atoms with Gasteiger partial charge in [-0.1, -0.05) is 41.9 Å². The number of aliphatic hydroxyl groups excluding tert-OH is 1. The topological polar surface area (TPSA) is 29.5 Å². The van der Waals surface area contributed by atoms with E-state index in [9.17, 15) is 9.50 Å². The summed E-state index contributed by atoms with van der Waals surface area (Å²) < 4.78 is 19.0. The van der Waals surface area contributed by atoms with Crippen LogP contribution in [-0.4, -0.2) is 12.2 Å². The van der Waals surface area contributed by atoms with Gasteiger partial charge in [-0.2, -0.15) is 0 Å². The third-order valence-corrected chi connectivity index (χ3v) is 3.77. The van der Waals surface area contributed by atoms with Crippen LogP contribution in [0.1, 0.15) is 22.8 Å². The minimum atomic E-state index is -0.857. The second kappa shape index (κ2) is 6.25. The lowest BCUT2D eigenvalue weighted by Crippen LogP contribution is -2.05. The van der Waals surface area contributed by atoms with Gasteiger partial charge < -0.3 is 9.84 Å². The molecule has 0 aliphatic heterocycles. The smallest absolute Gasteiger partial charge is 0.168 e. The summed E-state index contributed by atoms with van der Waals surface area (Å²) in [4.78, 5) is 0. The molecule has 0 saturated carbocycles.